The van der Waals surface area contributed by atoms with E-state index in [-0.39, 0.29) is 22.9 Å². The summed E-state index contributed by atoms with van der Waals surface area (Å²) in [6.07, 6.45) is 0. The normalized spacial score (nSPS) is 16.2. The van der Waals surface area contributed by atoms with Gasteiger partial charge in [0.25, 0.3) is 11.6 Å². The predicted octanol–water partition coefficient (Wildman–Crippen LogP) is 3.22. The molecule has 0 aliphatic carbocycles. The summed E-state index contributed by atoms with van der Waals surface area (Å²) in [5, 5.41) is 18.8. The number of benzene rings is 2. The summed E-state index contributed by atoms with van der Waals surface area (Å²) < 4.78 is 0. The maximum absolute atomic E-state index is 12.6. The van der Waals surface area contributed by atoms with E-state index in [9.17, 15) is 19.7 Å². The van der Waals surface area contributed by atoms with E-state index < -0.39 is 22.7 Å². The van der Waals surface area contributed by atoms with Crippen molar-refractivity contribution in [2.45, 2.75) is 13.5 Å². The molecule has 27 heavy (non-hydrogen) atoms. The first kappa shape index (κ1) is 18.5. The summed E-state index contributed by atoms with van der Waals surface area (Å²) in [4.78, 5) is 35.4. The second-order valence-electron chi connectivity index (χ2n) is 5.97. The lowest BCUT2D eigenvalue weighted by atomic mass is 10.0. The SMILES string of the molecule is CC1=NN(Cc2ccccc2)C(=O)C1C(=O)Nc1ccc([N+](=O)[O-])cc1Cl. The molecule has 0 bridgehead atoms. The average Bonchev–Trinajstić information content (AvgIpc) is 2.91. The highest BCUT2D eigenvalue weighted by molar-refractivity contribution is 6.34. The van der Waals surface area contributed by atoms with Gasteiger partial charge >= 0.3 is 0 Å². The van der Waals surface area contributed by atoms with Crippen molar-refractivity contribution >= 4 is 40.5 Å². The number of hydrogen-bond donors (Lipinski definition) is 1. The lowest BCUT2D eigenvalue weighted by Crippen LogP contribution is -2.36. The first-order valence-electron chi connectivity index (χ1n) is 8.02. The maximum atomic E-state index is 12.6. The number of hydrogen-bond acceptors (Lipinski definition) is 5. The third kappa shape index (κ3) is 3.95. The molecule has 138 valence electrons. The molecule has 1 aliphatic heterocycles. The van der Waals surface area contributed by atoms with Gasteiger partial charge in [0, 0.05) is 12.1 Å². The van der Waals surface area contributed by atoms with Gasteiger partial charge in [0.1, 0.15) is 0 Å². The van der Waals surface area contributed by atoms with Gasteiger partial charge in [-0.05, 0) is 18.6 Å². The Morgan fingerprint density at radius 1 is 1.30 bits per heavy atom. The van der Waals surface area contributed by atoms with Crippen LogP contribution in [0.25, 0.3) is 0 Å². The van der Waals surface area contributed by atoms with Gasteiger partial charge in [-0.2, -0.15) is 5.10 Å². The zero-order chi connectivity index (χ0) is 19.6. The fourth-order valence-corrected chi connectivity index (χ4v) is 2.94. The molecule has 0 saturated carbocycles. The number of carbonyl (C=O) groups is 2. The van der Waals surface area contributed by atoms with Gasteiger partial charge in [-0.1, -0.05) is 41.9 Å². The van der Waals surface area contributed by atoms with Gasteiger partial charge in [-0.25, -0.2) is 5.01 Å². The first-order chi connectivity index (χ1) is 12.9. The Morgan fingerprint density at radius 2 is 2.00 bits per heavy atom. The minimum absolute atomic E-state index is 0.0127. The largest absolute Gasteiger partial charge is 0.324 e. The van der Waals surface area contributed by atoms with Crippen LogP contribution in [0, 0.1) is 16.0 Å². The molecular formula is C18H15ClN4O4. The summed E-state index contributed by atoms with van der Waals surface area (Å²) in [6.45, 7) is 1.86. The van der Waals surface area contributed by atoms with Crippen molar-refractivity contribution in [3.8, 4) is 0 Å². The van der Waals surface area contributed by atoms with Crippen molar-refractivity contribution in [1.82, 2.24) is 5.01 Å². The molecule has 3 rings (SSSR count). The van der Waals surface area contributed by atoms with Crippen LogP contribution in [0.2, 0.25) is 5.02 Å². The fourth-order valence-electron chi connectivity index (χ4n) is 2.72. The number of halogens is 1. The number of rotatable bonds is 5. The zero-order valence-electron chi connectivity index (χ0n) is 14.3. The summed E-state index contributed by atoms with van der Waals surface area (Å²) in [7, 11) is 0. The van der Waals surface area contributed by atoms with Gasteiger partial charge in [0.2, 0.25) is 5.91 Å². The molecule has 2 amide bonds. The zero-order valence-corrected chi connectivity index (χ0v) is 15.0. The molecule has 1 atom stereocenters. The number of nitrogens with zero attached hydrogens (tertiary/aromatic N) is 3. The van der Waals surface area contributed by atoms with Crippen LogP contribution in [0.5, 0.6) is 0 Å². The molecule has 2 aromatic rings. The Balaban J connectivity index is 1.73. The third-order valence-electron chi connectivity index (χ3n) is 4.06. The highest BCUT2D eigenvalue weighted by Gasteiger charge is 2.39. The van der Waals surface area contributed by atoms with Crippen LogP contribution in [0.4, 0.5) is 11.4 Å². The van der Waals surface area contributed by atoms with Crippen LogP contribution in [0.15, 0.2) is 53.6 Å². The van der Waals surface area contributed by atoms with E-state index in [1.807, 2.05) is 30.3 Å². The van der Waals surface area contributed by atoms with Crippen molar-refractivity contribution in [3.63, 3.8) is 0 Å². The predicted molar refractivity (Wildman–Crippen MR) is 100 cm³/mol. The van der Waals surface area contributed by atoms with E-state index in [4.69, 9.17) is 11.6 Å². The maximum Gasteiger partial charge on any atom is 0.271 e. The Labute approximate surface area is 159 Å². The van der Waals surface area contributed by atoms with Crippen molar-refractivity contribution in [3.05, 3.63) is 69.2 Å². The number of amides is 2. The second kappa shape index (κ2) is 7.55. The second-order valence-corrected chi connectivity index (χ2v) is 6.37. The van der Waals surface area contributed by atoms with Gasteiger partial charge in [-0.3, -0.25) is 19.7 Å². The Kier molecular flexibility index (Phi) is 5.18. The lowest BCUT2D eigenvalue weighted by Gasteiger charge is -2.15. The molecule has 2 aromatic carbocycles. The monoisotopic (exact) mass is 386 g/mol. The molecular weight excluding hydrogens is 372 g/mol. The molecule has 1 heterocycles. The van der Waals surface area contributed by atoms with E-state index in [1.165, 1.54) is 17.1 Å². The van der Waals surface area contributed by atoms with Crippen LogP contribution < -0.4 is 5.32 Å². The van der Waals surface area contributed by atoms with Gasteiger partial charge in [-0.15, -0.1) is 0 Å². The minimum atomic E-state index is -1.07. The first-order valence-corrected chi connectivity index (χ1v) is 8.40. The molecule has 1 aliphatic rings. The van der Waals surface area contributed by atoms with E-state index in [1.54, 1.807) is 6.92 Å². The third-order valence-corrected chi connectivity index (χ3v) is 4.37. The highest BCUT2D eigenvalue weighted by Crippen LogP contribution is 2.28. The quantitative estimate of drug-likeness (QED) is 0.483. The summed E-state index contributed by atoms with van der Waals surface area (Å²) >= 11 is 5.99. The summed E-state index contributed by atoms with van der Waals surface area (Å²) in [5.41, 5.74) is 1.25. The van der Waals surface area contributed by atoms with Crippen molar-refractivity contribution in [2.75, 3.05) is 5.32 Å². The molecule has 0 spiro atoms. The van der Waals surface area contributed by atoms with E-state index in [2.05, 4.69) is 10.4 Å². The van der Waals surface area contributed by atoms with Gasteiger partial charge < -0.3 is 5.32 Å². The molecule has 1 unspecified atom stereocenters. The average molecular weight is 387 g/mol. The standard InChI is InChI=1S/C18H15ClN4O4/c1-11-16(18(25)22(21-11)10-12-5-3-2-4-6-12)17(24)20-15-8-7-13(23(26)27)9-14(15)19/h2-9,16H,10H2,1H3,(H,20,24). The molecule has 9 heteroatoms. The molecule has 0 aromatic heterocycles. The van der Waals surface area contributed by atoms with Crippen molar-refractivity contribution < 1.29 is 14.5 Å². The van der Waals surface area contributed by atoms with Crippen LogP contribution in [-0.4, -0.2) is 27.5 Å². The summed E-state index contributed by atoms with van der Waals surface area (Å²) in [5.74, 6) is -2.10. The molecule has 0 fully saturated rings. The Bertz CT molecular complexity index is 946. The van der Waals surface area contributed by atoms with Crippen LogP contribution in [0.1, 0.15) is 12.5 Å². The molecule has 1 N–H and O–H groups in total. The number of hydrazone groups is 1. The van der Waals surface area contributed by atoms with Crippen molar-refractivity contribution in [1.29, 1.82) is 0 Å². The number of carbonyl (C=O) groups excluding carboxylic acids is 2. The number of nitrogens with one attached hydrogen (secondary N) is 1. The number of anilines is 1. The Hall–Kier alpha value is -3.26. The molecule has 0 radical (unpaired) electrons. The van der Waals surface area contributed by atoms with Gasteiger partial charge in [0.05, 0.1) is 27.9 Å². The van der Waals surface area contributed by atoms with E-state index in [0.717, 1.165) is 11.6 Å². The fraction of sp³-hybridized carbons (Fsp3) is 0.167. The number of nitro benzene ring substituents is 1. The Morgan fingerprint density at radius 3 is 2.63 bits per heavy atom. The van der Waals surface area contributed by atoms with E-state index in [0.29, 0.717) is 5.71 Å². The van der Waals surface area contributed by atoms with Gasteiger partial charge in [0.15, 0.2) is 5.92 Å². The molecule has 0 saturated heterocycles. The smallest absolute Gasteiger partial charge is 0.271 e. The van der Waals surface area contributed by atoms with Crippen LogP contribution in [0.3, 0.4) is 0 Å². The van der Waals surface area contributed by atoms with Crippen LogP contribution in [-0.2, 0) is 16.1 Å². The topological polar surface area (TPSA) is 105 Å². The van der Waals surface area contributed by atoms with E-state index >= 15 is 0 Å². The van der Waals surface area contributed by atoms with Crippen LogP contribution >= 0.6 is 11.6 Å². The number of non-ortho nitro benzene ring substituents is 1. The summed E-state index contributed by atoms with van der Waals surface area (Å²) in [6, 6.07) is 13.0. The molecule has 8 nitrogen and oxygen atoms in total. The lowest BCUT2D eigenvalue weighted by molar-refractivity contribution is -0.384. The number of nitro groups is 1. The highest BCUT2D eigenvalue weighted by atomic mass is 35.5. The van der Waals surface area contributed by atoms with Crippen molar-refractivity contribution in [2.24, 2.45) is 11.0 Å². The minimum Gasteiger partial charge on any atom is -0.324 e.